The SMILES string of the molecule is c1ccc(-c2cccc3c2sc2c(-c4cccc5c4oc4c6ccccc6n(-c6ccccc6)c54)cccc23)cc1. The largest absolute Gasteiger partial charge is 0.453 e. The fourth-order valence-corrected chi connectivity index (χ4v) is 7.79. The first-order chi connectivity index (χ1) is 20.4. The molecule has 0 aliphatic carbocycles. The van der Waals surface area contributed by atoms with Crippen LogP contribution >= 0.6 is 11.3 Å². The third-order valence-electron chi connectivity index (χ3n) is 8.22. The van der Waals surface area contributed by atoms with E-state index in [0.717, 1.165) is 44.2 Å². The van der Waals surface area contributed by atoms with E-state index in [9.17, 15) is 0 Å². The monoisotopic (exact) mass is 541 g/mol. The topological polar surface area (TPSA) is 18.1 Å². The smallest absolute Gasteiger partial charge is 0.161 e. The van der Waals surface area contributed by atoms with Crippen LogP contribution in [0.4, 0.5) is 0 Å². The highest BCUT2D eigenvalue weighted by Crippen LogP contribution is 2.47. The summed E-state index contributed by atoms with van der Waals surface area (Å²) in [7, 11) is 0. The Morgan fingerprint density at radius 2 is 1.02 bits per heavy atom. The van der Waals surface area contributed by atoms with Gasteiger partial charge >= 0.3 is 0 Å². The summed E-state index contributed by atoms with van der Waals surface area (Å²) in [5.74, 6) is 0. The van der Waals surface area contributed by atoms with Crippen molar-refractivity contribution in [2.75, 3.05) is 0 Å². The van der Waals surface area contributed by atoms with Crippen LogP contribution < -0.4 is 0 Å². The van der Waals surface area contributed by atoms with Crippen molar-refractivity contribution in [1.29, 1.82) is 0 Å². The molecule has 0 atom stereocenters. The summed E-state index contributed by atoms with van der Waals surface area (Å²) in [6.07, 6.45) is 0. The van der Waals surface area contributed by atoms with Crippen molar-refractivity contribution in [3.8, 4) is 27.9 Å². The van der Waals surface area contributed by atoms with Crippen molar-refractivity contribution in [2.45, 2.75) is 0 Å². The number of nitrogens with zero attached hydrogens (tertiary/aromatic N) is 1. The van der Waals surface area contributed by atoms with E-state index in [0.29, 0.717) is 0 Å². The van der Waals surface area contributed by atoms with Gasteiger partial charge in [0.15, 0.2) is 5.58 Å². The van der Waals surface area contributed by atoms with Gasteiger partial charge in [0.1, 0.15) is 11.1 Å². The van der Waals surface area contributed by atoms with Crippen molar-refractivity contribution in [1.82, 2.24) is 4.57 Å². The Labute approximate surface area is 240 Å². The number of aromatic nitrogens is 1. The molecule has 0 saturated heterocycles. The minimum absolute atomic E-state index is 0.932. The van der Waals surface area contributed by atoms with Gasteiger partial charge in [-0.1, -0.05) is 109 Å². The Morgan fingerprint density at radius 1 is 0.439 bits per heavy atom. The van der Waals surface area contributed by atoms with E-state index in [1.54, 1.807) is 0 Å². The predicted octanol–water partition coefficient (Wildman–Crippen LogP) is 11.2. The Hall–Kier alpha value is -5.12. The fraction of sp³-hybridized carbons (Fsp3) is 0. The average molecular weight is 542 g/mol. The van der Waals surface area contributed by atoms with E-state index in [1.165, 1.54) is 36.9 Å². The summed E-state index contributed by atoms with van der Waals surface area (Å²) in [5.41, 5.74) is 10.1. The number of thiophene rings is 1. The van der Waals surface area contributed by atoms with Crippen molar-refractivity contribution < 1.29 is 4.42 Å². The van der Waals surface area contributed by atoms with Crippen LogP contribution in [0.5, 0.6) is 0 Å². The maximum atomic E-state index is 6.85. The summed E-state index contributed by atoms with van der Waals surface area (Å²) in [4.78, 5) is 0. The number of para-hydroxylation sites is 3. The van der Waals surface area contributed by atoms with Gasteiger partial charge in [0.2, 0.25) is 0 Å². The third-order valence-corrected chi connectivity index (χ3v) is 9.50. The molecule has 0 fully saturated rings. The molecule has 192 valence electrons. The number of hydrogen-bond acceptors (Lipinski definition) is 2. The summed E-state index contributed by atoms with van der Waals surface area (Å²) in [6, 6.07) is 49.7. The van der Waals surface area contributed by atoms with E-state index in [1.807, 2.05) is 11.3 Å². The number of fused-ring (bicyclic) bond motifs is 8. The molecule has 3 heteroatoms. The van der Waals surface area contributed by atoms with Gasteiger partial charge < -0.3 is 8.98 Å². The molecule has 0 saturated carbocycles. The third kappa shape index (κ3) is 3.24. The molecule has 9 aromatic rings. The molecule has 0 aliphatic rings. The van der Waals surface area contributed by atoms with Gasteiger partial charge in [-0.3, -0.25) is 0 Å². The standard InChI is InChI=1S/C38H23NOS/c1-3-12-24(13-4-1)26-17-9-20-29-30-21-11-19-28(38(30)41-37(26)29)27-18-10-22-32-34-36(40-35(27)32)31-16-7-8-23-33(31)39(34)25-14-5-2-6-15-25/h1-23H. The molecular weight excluding hydrogens is 518 g/mol. The highest BCUT2D eigenvalue weighted by atomic mass is 32.1. The molecule has 6 aromatic carbocycles. The molecule has 41 heavy (non-hydrogen) atoms. The Balaban J connectivity index is 1.36. The van der Waals surface area contributed by atoms with Crippen LogP contribution in [0.3, 0.4) is 0 Å². The van der Waals surface area contributed by atoms with Crippen LogP contribution in [-0.4, -0.2) is 4.57 Å². The maximum Gasteiger partial charge on any atom is 0.161 e. The lowest BCUT2D eigenvalue weighted by molar-refractivity contribution is 0.674. The van der Waals surface area contributed by atoms with Gasteiger partial charge in [0.05, 0.1) is 5.52 Å². The van der Waals surface area contributed by atoms with Crippen LogP contribution in [-0.2, 0) is 0 Å². The lowest BCUT2D eigenvalue weighted by atomic mass is 9.99. The molecule has 0 amide bonds. The van der Waals surface area contributed by atoms with Crippen molar-refractivity contribution >= 4 is 64.5 Å². The van der Waals surface area contributed by atoms with E-state index in [-0.39, 0.29) is 0 Å². The second-order valence-electron chi connectivity index (χ2n) is 10.5. The van der Waals surface area contributed by atoms with Crippen LogP contribution in [0.2, 0.25) is 0 Å². The van der Waals surface area contributed by atoms with Crippen LogP contribution in [0.15, 0.2) is 144 Å². The van der Waals surface area contributed by atoms with Crippen molar-refractivity contribution in [3.63, 3.8) is 0 Å². The first-order valence-corrected chi connectivity index (χ1v) is 14.7. The lowest BCUT2D eigenvalue weighted by Crippen LogP contribution is -1.92. The Kier molecular flexibility index (Phi) is 4.80. The number of hydrogen-bond donors (Lipinski definition) is 0. The van der Waals surface area contributed by atoms with Crippen LogP contribution in [0, 0.1) is 0 Å². The predicted molar refractivity (Wildman–Crippen MR) is 174 cm³/mol. The first-order valence-electron chi connectivity index (χ1n) is 13.9. The number of rotatable bonds is 3. The zero-order valence-electron chi connectivity index (χ0n) is 22.0. The molecule has 0 aliphatic heterocycles. The van der Waals surface area contributed by atoms with Crippen LogP contribution in [0.25, 0.3) is 81.1 Å². The minimum atomic E-state index is 0.932. The summed E-state index contributed by atoms with van der Waals surface area (Å²) < 4.78 is 11.8. The minimum Gasteiger partial charge on any atom is -0.453 e. The zero-order chi connectivity index (χ0) is 26.9. The molecule has 3 heterocycles. The van der Waals surface area contributed by atoms with E-state index >= 15 is 0 Å². The second kappa shape index (κ2) is 8.69. The molecule has 3 aromatic heterocycles. The van der Waals surface area contributed by atoms with Gasteiger partial charge in [-0.05, 0) is 41.5 Å². The van der Waals surface area contributed by atoms with Crippen molar-refractivity contribution in [3.05, 3.63) is 140 Å². The highest BCUT2D eigenvalue weighted by molar-refractivity contribution is 7.26. The zero-order valence-corrected chi connectivity index (χ0v) is 22.9. The Morgan fingerprint density at radius 3 is 1.80 bits per heavy atom. The summed E-state index contributed by atoms with van der Waals surface area (Å²) in [5, 5.41) is 4.83. The molecule has 0 bridgehead atoms. The van der Waals surface area contributed by atoms with E-state index in [2.05, 4.69) is 144 Å². The molecule has 2 nitrogen and oxygen atoms in total. The molecule has 0 spiro atoms. The molecular formula is C38H23NOS. The highest BCUT2D eigenvalue weighted by Gasteiger charge is 2.22. The number of benzene rings is 6. The summed E-state index contributed by atoms with van der Waals surface area (Å²) >= 11 is 1.88. The van der Waals surface area contributed by atoms with Crippen LogP contribution in [0.1, 0.15) is 0 Å². The van der Waals surface area contributed by atoms with Gasteiger partial charge in [-0.15, -0.1) is 11.3 Å². The second-order valence-corrected chi connectivity index (χ2v) is 11.5. The molecule has 0 N–H and O–H groups in total. The fourth-order valence-electron chi connectivity index (χ4n) is 6.43. The quantitative estimate of drug-likeness (QED) is 0.217. The van der Waals surface area contributed by atoms with Gasteiger partial charge in [0, 0.05) is 47.8 Å². The maximum absolute atomic E-state index is 6.85. The average Bonchev–Trinajstić information content (AvgIpc) is 3.71. The van der Waals surface area contributed by atoms with E-state index in [4.69, 9.17) is 4.42 Å². The molecule has 0 radical (unpaired) electrons. The number of furan rings is 1. The van der Waals surface area contributed by atoms with E-state index < -0.39 is 0 Å². The summed E-state index contributed by atoms with van der Waals surface area (Å²) in [6.45, 7) is 0. The normalized spacial score (nSPS) is 11.9. The van der Waals surface area contributed by atoms with Crippen molar-refractivity contribution in [2.24, 2.45) is 0 Å². The van der Waals surface area contributed by atoms with Gasteiger partial charge in [-0.25, -0.2) is 0 Å². The lowest BCUT2D eigenvalue weighted by Gasteiger charge is -2.08. The van der Waals surface area contributed by atoms with Gasteiger partial charge in [0.25, 0.3) is 0 Å². The molecule has 9 rings (SSSR count). The Bertz CT molecular complexity index is 2410. The molecule has 0 unspecified atom stereocenters. The first kappa shape index (κ1) is 22.7. The van der Waals surface area contributed by atoms with Gasteiger partial charge in [-0.2, -0.15) is 0 Å².